The average molecular weight is 240 g/mol. The molecule has 0 aliphatic carbocycles. The molecule has 1 heterocycles. The molecule has 0 spiro atoms. The summed E-state index contributed by atoms with van der Waals surface area (Å²) in [5.74, 6) is 0. The van der Waals surface area contributed by atoms with Crippen molar-refractivity contribution in [3.63, 3.8) is 0 Å². The van der Waals surface area contributed by atoms with Crippen LogP contribution in [0.3, 0.4) is 0 Å². The van der Waals surface area contributed by atoms with Gasteiger partial charge in [0.15, 0.2) is 0 Å². The number of hydrogen-bond donors (Lipinski definition) is 3. The molecule has 0 aromatic rings. The van der Waals surface area contributed by atoms with Crippen LogP contribution < -0.4 is 10.6 Å². The molecule has 0 fully saturated rings. The second kappa shape index (κ2) is 7.41. The van der Waals surface area contributed by atoms with Crippen molar-refractivity contribution in [2.45, 2.75) is 38.8 Å². The molecule has 1 unspecified atom stereocenters. The Labute approximate surface area is 103 Å². The molecule has 1 rings (SSSR count). The average Bonchev–Trinajstić information content (AvgIpc) is 2.76. The van der Waals surface area contributed by atoms with Gasteiger partial charge in [-0.3, -0.25) is 0 Å². The first-order chi connectivity index (χ1) is 7.80. The van der Waals surface area contributed by atoms with Crippen LogP contribution in [0.5, 0.6) is 0 Å². The Kier molecular flexibility index (Phi) is 6.11. The molecule has 4 heteroatoms. The quantitative estimate of drug-likeness (QED) is 0.469. The molecule has 3 N–H and O–H groups in total. The van der Waals surface area contributed by atoms with E-state index in [0.29, 0.717) is 0 Å². The van der Waals surface area contributed by atoms with Gasteiger partial charge in [0.2, 0.25) is 0 Å². The molecule has 0 aromatic heterocycles. The van der Waals surface area contributed by atoms with Gasteiger partial charge >= 0.3 is 0 Å². The molecule has 16 heavy (non-hydrogen) atoms. The molecule has 0 saturated heterocycles. The van der Waals surface area contributed by atoms with E-state index in [0.717, 1.165) is 31.3 Å². The van der Waals surface area contributed by atoms with Crippen LogP contribution in [-0.2, 0) is 0 Å². The van der Waals surface area contributed by atoms with Gasteiger partial charge in [-0.25, -0.2) is 0 Å². The van der Waals surface area contributed by atoms with Gasteiger partial charge in [-0.1, -0.05) is 25.2 Å². The van der Waals surface area contributed by atoms with Crippen LogP contribution in [0.15, 0.2) is 23.5 Å². The third-order valence-corrected chi connectivity index (χ3v) is 2.83. The standard InChI is InChI=1S/C12H20N2OS/c1-2-4-10(8-15)5-3-6-11-7-13-12(9-16)14-11/h4,7,9,12-15H,2-3,5-6,8H2,1H3. The molecule has 0 saturated carbocycles. The first-order valence-electron chi connectivity index (χ1n) is 5.75. The van der Waals surface area contributed by atoms with E-state index in [1.165, 1.54) is 5.70 Å². The first-order valence-corrected chi connectivity index (χ1v) is 6.23. The summed E-state index contributed by atoms with van der Waals surface area (Å²) in [6.07, 6.45) is 8.19. The highest BCUT2D eigenvalue weighted by molar-refractivity contribution is 7.79. The number of aliphatic hydroxyl groups excluding tert-OH is 1. The van der Waals surface area contributed by atoms with Gasteiger partial charge in [-0.15, -0.1) is 0 Å². The van der Waals surface area contributed by atoms with Crippen LogP contribution in [-0.4, -0.2) is 23.2 Å². The fraction of sp³-hybridized carbons (Fsp3) is 0.583. The number of rotatable bonds is 7. The predicted molar refractivity (Wildman–Crippen MR) is 71.1 cm³/mol. The van der Waals surface area contributed by atoms with Crippen molar-refractivity contribution < 1.29 is 5.11 Å². The van der Waals surface area contributed by atoms with Crippen LogP contribution in [0, 0.1) is 0 Å². The van der Waals surface area contributed by atoms with Gasteiger partial charge in [0.05, 0.1) is 6.61 Å². The Morgan fingerprint density at radius 1 is 1.62 bits per heavy atom. The van der Waals surface area contributed by atoms with Crippen LogP contribution in [0.1, 0.15) is 32.6 Å². The lowest BCUT2D eigenvalue weighted by Gasteiger charge is -2.08. The smallest absolute Gasteiger partial charge is 0.126 e. The monoisotopic (exact) mass is 240 g/mol. The Morgan fingerprint density at radius 3 is 3.00 bits per heavy atom. The van der Waals surface area contributed by atoms with Crippen LogP contribution >= 0.6 is 12.2 Å². The molecule has 1 aliphatic heterocycles. The van der Waals surface area contributed by atoms with Crippen molar-refractivity contribution in [1.82, 2.24) is 10.6 Å². The number of nitrogens with one attached hydrogen (secondary N) is 2. The summed E-state index contributed by atoms with van der Waals surface area (Å²) in [6, 6.07) is 0. The minimum atomic E-state index is 0.105. The van der Waals surface area contributed by atoms with Crippen molar-refractivity contribution in [2.24, 2.45) is 0 Å². The Balaban J connectivity index is 2.21. The van der Waals surface area contributed by atoms with Crippen molar-refractivity contribution in [1.29, 1.82) is 0 Å². The summed E-state index contributed by atoms with van der Waals surface area (Å²) >= 11 is 4.85. The van der Waals surface area contributed by atoms with E-state index in [-0.39, 0.29) is 12.8 Å². The fourth-order valence-corrected chi connectivity index (χ4v) is 1.88. The van der Waals surface area contributed by atoms with Gasteiger partial charge in [0.25, 0.3) is 0 Å². The largest absolute Gasteiger partial charge is 0.392 e. The molecule has 1 atom stereocenters. The third kappa shape index (κ3) is 4.33. The van der Waals surface area contributed by atoms with E-state index in [1.54, 1.807) is 5.37 Å². The molecular weight excluding hydrogens is 220 g/mol. The lowest BCUT2D eigenvalue weighted by molar-refractivity contribution is 0.325. The zero-order valence-corrected chi connectivity index (χ0v) is 10.5. The summed E-state index contributed by atoms with van der Waals surface area (Å²) in [5, 5.41) is 17.2. The third-order valence-electron chi connectivity index (χ3n) is 2.55. The van der Waals surface area contributed by atoms with Crippen molar-refractivity contribution >= 4 is 17.6 Å². The SMILES string of the molecule is CCC=C(CO)CCCC1=CNC(C=S)N1. The Morgan fingerprint density at radius 2 is 2.44 bits per heavy atom. The van der Waals surface area contributed by atoms with E-state index >= 15 is 0 Å². The Hall–Kier alpha value is -0.870. The van der Waals surface area contributed by atoms with Gasteiger partial charge in [0, 0.05) is 17.3 Å². The van der Waals surface area contributed by atoms with Gasteiger partial charge in [-0.05, 0) is 31.3 Å². The van der Waals surface area contributed by atoms with Crippen LogP contribution in [0.2, 0.25) is 0 Å². The zero-order chi connectivity index (χ0) is 11.8. The van der Waals surface area contributed by atoms with Crippen molar-refractivity contribution in [3.05, 3.63) is 23.5 Å². The van der Waals surface area contributed by atoms with E-state index < -0.39 is 0 Å². The molecular formula is C12H20N2OS. The number of allylic oxidation sites excluding steroid dienone is 2. The lowest BCUT2D eigenvalue weighted by atomic mass is 10.1. The van der Waals surface area contributed by atoms with E-state index in [2.05, 4.69) is 23.6 Å². The molecule has 0 radical (unpaired) electrons. The summed E-state index contributed by atoms with van der Waals surface area (Å²) in [5.41, 5.74) is 2.33. The summed E-state index contributed by atoms with van der Waals surface area (Å²) in [7, 11) is 0. The molecule has 0 amide bonds. The van der Waals surface area contributed by atoms with Gasteiger partial charge < -0.3 is 15.7 Å². The van der Waals surface area contributed by atoms with Crippen molar-refractivity contribution in [3.8, 4) is 0 Å². The highest BCUT2D eigenvalue weighted by Gasteiger charge is 2.11. The maximum Gasteiger partial charge on any atom is 0.126 e. The second-order valence-electron chi connectivity index (χ2n) is 3.88. The van der Waals surface area contributed by atoms with Crippen LogP contribution in [0.4, 0.5) is 0 Å². The van der Waals surface area contributed by atoms with Gasteiger partial charge in [-0.2, -0.15) is 0 Å². The first kappa shape index (κ1) is 13.2. The number of thiocarbonyl (C=S) groups is 1. The summed E-state index contributed by atoms with van der Waals surface area (Å²) in [4.78, 5) is 0. The van der Waals surface area contributed by atoms with Gasteiger partial charge in [0.1, 0.15) is 6.17 Å². The maximum absolute atomic E-state index is 9.10. The van der Waals surface area contributed by atoms with Crippen LogP contribution in [0.25, 0.3) is 0 Å². The predicted octanol–water partition coefficient (Wildman–Crippen LogP) is 1.85. The fourth-order valence-electron chi connectivity index (χ4n) is 1.73. The minimum absolute atomic E-state index is 0.105. The zero-order valence-electron chi connectivity index (χ0n) is 9.70. The number of aliphatic hydroxyl groups is 1. The summed E-state index contributed by atoms with van der Waals surface area (Å²) < 4.78 is 0. The maximum atomic E-state index is 9.10. The van der Waals surface area contributed by atoms with Crippen molar-refractivity contribution in [2.75, 3.05) is 6.61 Å². The summed E-state index contributed by atoms with van der Waals surface area (Å²) in [6.45, 7) is 2.27. The molecule has 0 aromatic carbocycles. The Bertz CT molecular complexity index is 287. The molecule has 90 valence electrons. The highest BCUT2D eigenvalue weighted by Crippen LogP contribution is 2.12. The highest BCUT2D eigenvalue weighted by atomic mass is 32.1. The molecule has 0 bridgehead atoms. The molecule has 3 nitrogen and oxygen atoms in total. The topological polar surface area (TPSA) is 44.3 Å². The van der Waals surface area contributed by atoms with E-state index in [4.69, 9.17) is 17.3 Å². The second-order valence-corrected chi connectivity index (χ2v) is 4.15. The number of hydrogen-bond acceptors (Lipinski definition) is 4. The normalized spacial score (nSPS) is 20.0. The van der Waals surface area contributed by atoms with E-state index in [9.17, 15) is 0 Å². The lowest BCUT2D eigenvalue weighted by Crippen LogP contribution is -2.32. The van der Waals surface area contributed by atoms with E-state index in [1.807, 2.05) is 6.20 Å². The molecule has 1 aliphatic rings. The minimum Gasteiger partial charge on any atom is -0.392 e.